The molecular weight excluding hydrogens is 338 g/mol. The van der Waals surface area contributed by atoms with Crippen LogP contribution in [-0.2, 0) is 6.54 Å². The topological polar surface area (TPSA) is 55.8 Å². The van der Waals surface area contributed by atoms with E-state index in [-0.39, 0.29) is 0 Å². The van der Waals surface area contributed by atoms with Crippen molar-refractivity contribution in [2.24, 2.45) is 0 Å². The van der Waals surface area contributed by atoms with Crippen molar-refractivity contribution in [1.29, 1.82) is 0 Å². The largest absolute Gasteiger partial charge is 0.497 e. The lowest BCUT2D eigenvalue weighted by molar-refractivity contribution is 0.415. The first kappa shape index (κ1) is 17.4. The molecule has 0 spiro atoms. The predicted octanol–water partition coefficient (Wildman–Crippen LogP) is 4.82. The van der Waals surface area contributed by atoms with E-state index in [1.807, 2.05) is 49.4 Å². The minimum atomic E-state index is -0.587. The molecule has 130 valence electrons. The van der Waals surface area contributed by atoms with Gasteiger partial charge in [0.05, 0.1) is 7.11 Å². The molecular formula is C20H21ClNO3+. The lowest BCUT2D eigenvalue weighted by atomic mass is 9.98. The van der Waals surface area contributed by atoms with Crippen LogP contribution in [0.4, 0.5) is 0 Å². The molecule has 1 aromatic heterocycles. The average molecular weight is 359 g/mol. The maximum absolute atomic E-state index is 9.63. The maximum atomic E-state index is 9.63. The molecule has 0 aliphatic rings. The smallest absolute Gasteiger partial charge is 0.488 e. The van der Waals surface area contributed by atoms with Crippen LogP contribution in [0, 0.1) is 6.92 Å². The molecule has 4 nitrogen and oxygen atoms in total. The predicted molar refractivity (Wildman–Crippen MR) is 102 cm³/mol. The minimum Gasteiger partial charge on any atom is -0.497 e. The zero-order valence-electron chi connectivity index (χ0n) is 14.5. The van der Waals surface area contributed by atoms with E-state index in [9.17, 15) is 9.90 Å². The molecule has 2 N–H and O–H groups in total. The van der Waals surface area contributed by atoms with E-state index in [0.717, 1.165) is 33.5 Å². The van der Waals surface area contributed by atoms with E-state index >= 15 is 0 Å². The van der Waals surface area contributed by atoms with Crippen LogP contribution in [0.3, 0.4) is 0 Å². The number of aliphatic carboxylic acids is 1. The number of carboxylic acid groups (broad SMARTS) is 1. The SMILES string of the molecule is COc1ccc2c(c1)c(C(C)C(O)=[OH+])c(C)n2Cc1ccc(Cl)cc1. The number of fused-ring (bicyclic) bond motifs is 1. The van der Waals surface area contributed by atoms with E-state index in [2.05, 4.69) is 4.57 Å². The lowest BCUT2D eigenvalue weighted by Crippen LogP contribution is -2.10. The summed E-state index contributed by atoms with van der Waals surface area (Å²) in [6, 6.07) is 13.6. The summed E-state index contributed by atoms with van der Waals surface area (Å²) in [4.78, 5) is 9.63. The molecule has 0 amide bonds. The van der Waals surface area contributed by atoms with Gasteiger partial charge in [0.15, 0.2) is 0 Å². The summed E-state index contributed by atoms with van der Waals surface area (Å²) < 4.78 is 7.52. The molecule has 0 saturated heterocycles. The number of hydrogen-bond acceptors (Lipinski definition) is 1. The van der Waals surface area contributed by atoms with Crippen molar-refractivity contribution in [2.45, 2.75) is 26.3 Å². The fraction of sp³-hybridized carbons (Fsp3) is 0.250. The highest BCUT2D eigenvalue weighted by Gasteiger charge is 2.27. The van der Waals surface area contributed by atoms with Crippen molar-refractivity contribution in [1.82, 2.24) is 4.57 Å². The van der Waals surface area contributed by atoms with Gasteiger partial charge in [-0.3, -0.25) is 0 Å². The second-order valence-corrected chi connectivity index (χ2v) is 6.61. The van der Waals surface area contributed by atoms with Gasteiger partial charge in [-0.2, -0.15) is 0 Å². The lowest BCUT2D eigenvalue weighted by Gasteiger charge is -2.10. The molecule has 1 unspecified atom stereocenters. The number of aromatic nitrogens is 1. The molecule has 25 heavy (non-hydrogen) atoms. The first-order valence-electron chi connectivity index (χ1n) is 8.08. The van der Waals surface area contributed by atoms with Gasteiger partial charge in [-0.15, -0.1) is 0 Å². The molecule has 3 rings (SSSR count). The summed E-state index contributed by atoms with van der Waals surface area (Å²) in [5, 5.41) is 11.3. The number of rotatable bonds is 5. The highest BCUT2D eigenvalue weighted by Crippen LogP contribution is 2.34. The van der Waals surface area contributed by atoms with Gasteiger partial charge in [0.25, 0.3) is 0 Å². The Morgan fingerprint density at radius 1 is 1.24 bits per heavy atom. The Bertz CT molecular complexity index is 928. The molecule has 3 aromatic rings. The summed E-state index contributed by atoms with van der Waals surface area (Å²) in [7, 11) is 1.62. The van der Waals surface area contributed by atoms with Gasteiger partial charge in [-0.1, -0.05) is 23.7 Å². The monoisotopic (exact) mass is 358 g/mol. The normalized spacial score (nSPS) is 12.3. The molecule has 0 bridgehead atoms. The van der Waals surface area contributed by atoms with Gasteiger partial charge in [0.2, 0.25) is 0 Å². The van der Waals surface area contributed by atoms with Gasteiger partial charge >= 0.3 is 5.97 Å². The fourth-order valence-electron chi connectivity index (χ4n) is 3.27. The maximum Gasteiger partial charge on any atom is 0.488 e. The van der Waals surface area contributed by atoms with Crippen LogP contribution in [-0.4, -0.2) is 27.5 Å². The number of hydrogen-bond donors (Lipinski definition) is 1. The van der Waals surface area contributed by atoms with Gasteiger partial charge in [0.1, 0.15) is 11.7 Å². The number of methoxy groups -OCH3 is 1. The van der Waals surface area contributed by atoms with Crippen LogP contribution in [0.5, 0.6) is 5.75 Å². The van der Waals surface area contributed by atoms with Crippen molar-refractivity contribution in [3.8, 4) is 5.75 Å². The van der Waals surface area contributed by atoms with Crippen LogP contribution in [0.25, 0.3) is 10.9 Å². The zero-order chi connectivity index (χ0) is 18.1. The number of aliphatic hydroxyl groups excluding tert-OH is 1. The Labute approximate surface area is 151 Å². The molecule has 5 heteroatoms. The van der Waals surface area contributed by atoms with Crippen molar-refractivity contribution >= 4 is 28.5 Å². The average Bonchev–Trinajstić information content (AvgIpc) is 2.87. The molecule has 1 heterocycles. The molecule has 0 radical (unpaired) electrons. The molecule has 1 atom stereocenters. The first-order valence-corrected chi connectivity index (χ1v) is 8.46. The third-order valence-corrected chi connectivity index (χ3v) is 4.91. The number of halogens is 1. The van der Waals surface area contributed by atoms with Gasteiger partial charge in [0, 0.05) is 33.7 Å². The number of nitrogens with zero attached hydrogens (tertiary/aromatic N) is 1. The van der Waals surface area contributed by atoms with Crippen molar-refractivity contribution < 1.29 is 14.6 Å². The Kier molecular flexibility index (Phi) is 4.73. The Balaban J connectivity index is 2.19. The van der Waals surface area contributed by atoms with Crippen LogP contribution in [0.2, 0.25) is 5.02 Å². The Hall–Kier alpha value is -2.46. The first-order chi connectivity index (χ1) is 11.9. The van der Waals surface area contributed by atoms with E-state index in [4.69, 9.17) is 16.3 Å². The highest BCUT2D eigenvalue weighted by molar-refractivity contribution is 6.30. The summed E-state index contributed by atoms with van der Waals surface area (Å²) in [5.41, 5.74) is 4.03. The summed E-state index contributed by atoms with van der Waals surface area (Å²) in [6.45, 7) is 4.45. The number of benzene rings is 2. The van der Waals surface area contributed by atoms with Crippen molar-refractivity contribution in [2.75, 3.05) is 7.11 Å². The second kappa shape index (κ2) is 6.81. The van der Waals surface area contributed by atoms with Crippen LogP contribution < -0.4 is 4.74 Å². The number of carboxylic acids is 1. The van der Waals surface area contributed by atoms with Gasteiger partial charge < -0.3 is 19.2 Å². The molecule has 0 aliphatic heterocycles. The van der Waals surface area contributed by atoms with Crippen LogP contribution in [0.1, 0.15) is 29.7 Å². The number of ether oxygens (including phenoxy) is 1. The van der Waals surface area contributed by atoms with Crippen LogP contribution >= 0.6 is 11.6 Å². The van der Waals surface area contributed by atoms with E-state index in [1.54, 1.807) is 14.0 Å². The molecule has 0 aliphatic carbocycles. The van der Waals surface area contributed by atoms with Gasteiger partial charge in [-0.05, 0) is 49.7 Å². The quantitative estimate of drug-likeness (QED) is 0.664. The van der Waals surface area contributed by atoms with E-state index in [0.29, 0.717) is 11.6 Å². The second-order valence-electron chi connectivity index (χ2n) is 6.17. The third kappa shape index (κ3) is 3.22. The molecule has 2 aromatic carbocycles. The third-order valence-electron chi connectivity index (χ3n) is 4.65. The zero-order valence-corrected chi connectivity index (χ0v) is 15.2. The van der Waals surface area contributed by atoms with E-state index < -0.39 is 11.9 Å². The Morgan fingerprint density at radius 3 is 2.52 bits per heavy atom. The Morgan fingerprint density at radius 2 is 1.92 bits per heavy atom. The van der Waals surface area contributed by atoms with Crippen molar-refractivity contribution in [3.63, 3.8) is 0 Å². The summed E-state index contributed by atoms with van der Waals surface area (Å²) in [5.74, 6) is -0.334. The highest BCUT2D eigenvalue weighted by atomic mass is 35.5. The molecule has 0 saturated carbocycles. The summed E-state index contributed by atoms with van der Waals surface area (Å²) in [6.07, 6.45) is 0. The minimum absolute atomic E-state index is 0.485. The van der Waals surface area contributed by atoms with Crippen molar-refractivity contribution in [3.05, 3.63) is 64.3 Å². The summed E-state index contributed by atoms with van der Waals surface area (Å²) >= 11 is 5.98. The van der Waals surface area contributed by atoms with Gasteiger partial charge in [-0.25, -0.2) is 0 Å². The fourth-order valence-corrected chi connectivity index (χ4v) is 3.39. The molecule has 0 fully saturated rings. The van der Waals surface area contributed by atoms with E-state index in [1.165, 1.54) is 0 Å². The van der Waals surface area contributed by atoms with Crippen LogP contribution in [0.15, 0.2) is 42.5 Å². The standard InChI is InChI=1S/C20H20ClNO3/c1-12(20(23)24)19-13(2)22(11-14-4-6-15(21)7-5-14)18-9-8-16(25-3)10-17(18)19/h4-10,12H,11H2,1-3H3,(H,23,24)/p+1.